The molecular formula is C15H30N2O. The summed E-state index contributed by atoms with van der Waals surface area (Å²) in [7, 11) is 4.36. The van der Waals surface area contributed by atoms with Gasteiger partial charge in [0.15, 0.2) is 0 Å². The second-order valence-corrected chi connectivity index (χ2v) is 7.25. The third-order valence-corrected chi connectivity index (χ3v) is 5.11. The van der Waals surface area contributed by atoms with Gasteiger partial charge in [-0.05, 0) is 57.7 Å². The molecule has 2 fully saturated rings. The average Bonchev–Trinajstić information content (AvgIpc) is 2.57. The largest absolute Gasteiger partial charge is 0.392 e. The molecule has 3 nitrogen and oxygen atoms in total. The van der Waals surface area contributed by atoms with E-state index in [0.717, 1.165) is 6.54 Å². The van der Waals surface area contributed by atoms with Crippen molar-refractivity contribution in [2.24, 2.45) is 11.3 Å². The summed E-state index contributed by atoms with van der Waals surface area (Å²) in [5.41, 5.74) is 0.126. The van der Waals surface area contributed by atoms with E-state index in [0.29, 0.717) is 12.0 Å². The van der Waals surface area contributed by atoms with Gasteiger partial charge in [-0.1, -0.05) is 13.8 Å². The molecular weight excluding hydrogens is 224 g/mol. The van der Waals surface area contributed by atoms with Gasteiger partial charge in [0.25, 0.3) is 0 Å². The minimum Gasteiger partial charge on any atom is -0.392 e. The van der Waals surface area contributed by atoms with Crippen molar-refractivity contribution in [2.45, 2.75) is 51.7 Å². The number of nitrogens with zero attached hydrogens (tertiary/aromatic N) is 2. The number of rotatable bonds is 3. The molecule has 0 aromatic heterocycles. The number of hydrogen-bond acceptors (Lipinski definition) is 3. The van der Waals surface area contributed by atoms with Crippen LogP contribution in [0.25, 0.3) is 0 Å². The van der Waals surface area contributed by atoms with Crippen molar-refractivity contribution in [1.29, 1.82) is 0 Å². The summed E-state index contributed by atoms with van der Waals surface area (Å²) < 4.78 is 0. The van der Waals surface area contributed by atoms with E-state index in [1.807, 2.05) is 0 Å². The van der Waals surface area contributed by atoms with Gasteiger partial charge in [0, 0.05) is 19.1 Å². The molecule has 1 heterocycles. The zero-order chi connectivity index (χ0) is 13.3. The third kappa shape index (κ3) is 3.06. The van der Waals surface area contributed by atoms with Crippen LogP contribution in [0, 0.1) is 11.3 Å². The molecule has 2 rings (SSSR count). The first-order valence-electron chi connectivity index (χ1n) is 7.47. The molecule has 0 aromatic carbocycles. The van der Waals surface area contributed by atoms with E-state index in [4.69, 9.17) is 0 Å². The molecule has 3 heteroatoms. The maximum Gasteiger partial charge on any atom is 0.0631 e. The molecule has 0 spiro atoms. The highest BCUT2D eigenvalue weighted by Gasteiger charge is 2.41. The minimum absolute atomic E-state index is 0.114. The molecule has 1 aliphatic carbocycles. The minimum atomic E-state index is -0.114. The summed E-state index contributed by atoms with van der Waals surface area (Å²) in [6.07, 6.45) is 4.87. The van der Waals surface area contributed by atoms with Crippen LogP contribution in [-0.2, 0) is 0 Å². The van der Waals surface area contributed by atoms with E-state index in [1.54, 1.807) is 0 Å². The van der Waals surface area contributed by atoms with Gasteiger partial charge < -0.3 is 14.9 Å². The predicted molar refractivity (Wildman–Crippen MR) is 75.7 cm³/mol. The van der Waals surface area contributed by atoms with E-state index in [9.17, 15) is 5.11 Å². The molecule has 0 aromatic rings. The highest BCUT2D eigenvalue weighted by molar-refractivity contribution is 4.93. The Labute approximate surface area is 112 Å². The lowest BCUT2D eigenvalue weighted by molar-refractivity contribution is 0.0242. The fourth-order valence-electron chi connectivity index (χ4n) is 3.64. The van der Waals surface area contributed by atoms with Gasteiger partial charge in [0.2, 0.25) is 0 Å². The predicted octanol–water partition coefficient (Wildman–Crippen LogP) is 1.81. The maximum absolute atomic E-state index is 10.4. The molecule has 1 saturated carbocycles. The lowest BCUT2D eigenvalue weighted by Gasteiger charge is -2.38. The second-order valence-electron chi connectivity index (χ2n) is 7.25. The van der Waals surface area contributed by atoms with Crippen LogP contribution in [0.3, 0.4) is 0 Å². The van der Waals surface area contributed by atoms with E-state index < -0.39 is 0 Å². The van der Waals surface area contributed by atoms with Crippen molar-refractivity contribution in [2.75, 3.05) is 33.7 Å². The summed E-state index contributed by atoms with van der Waals surface area (Å²) >= 11 is 0. The Bertz CT molecular complexity index is 278. The number of hydrogen-bond donors (Lipinski definition) is 1. The third-order valence-electron chi connectivity index (χ3n) is 5.11. The molecule has 18 heavy (non-hydrogen) atoms. The Morgan fingerprint density at radius 3 is 2.56 bits per heavy atom. The molecule has 3 unspecified atom stereocenters. The monoisotopic (exact) mass is 254 g/mol. The van der Waals surface area contributed by atoms with Crippen molar-refractivity contribution in [3.8, 4) is 0 Å². The van der Waals surface area contributed by atoms with Crippen LogP contribution in [0.5, 0.6) is 0 Å². The molecule has 0 amide bonds. The van der Waals surface area contributed by atoms with Gasteiger partial charge in [-0.15, -0.1) is 0 Å². The van der Waals surface area contributed by atoms with Crippen LogP contribution in [-0.4, -0.2) is 60.8 Å². The van der Waals surface area contributed by atoms with Gasteiger partial charge in [0.05, 0.1) is 6.10 Å². The summed E-state index contributed by atoms with van der Waals surface area (Å²) in [5, 5.41) is 10.4. The van der Waals surface area contributed by atoms with Crippen molar-refractivity contribution < 1.29 is 5.11 Å². The van der Waals surface area contributed by atoms with Crippen LogP contribution < -0.4 is 0 Å². The highest BCUT2D eigenvalue weighted by atomic mass is 16.3. The normalized spacial score (nSPS) is 37.3. The zero-order valence-electron chi connectivity index (χ0n) is 12.5. The van der Waals surface area contributed by atoms with Crippen LogP contribution in [0.4, 0.5) is 0 Å². The standard InChI is InChI=1S/C15H30N2O/c1-15(2)8-7-12(14(15)18)10-17-9-5-6-13(11-17)16(3)4/h12-14,18H,5-11H2,1-4H3. The molecule has 3 atom stereocenters. The summed E-state index contributed by atoms with van der Waals surface area (Å²) in [4.78, 5) is 4.92. The number of likely N-dealkylation sites (N-methyl/N-ethyl adjacent to an activating group) is 1. The van der Waals surface area contributed by atoms with Crippen molar-refractivity contribution in [3.63, 3.8) is 0 Å². The Balaban J connectivity index is 1.86. The first kappa shape index (κ1) is 14.3. The Kier molecular flexibility index (Phi) is 4.35. The van der Waals surface area contributed by atoms with Crippen LogP contribution in [0.15, 0.2) is 0 Å². The highest BCUT2D eigenvalue weighted by Crippen LogP contribution is 2.41. The molecule has 106 valence electrons. The Morgan fingerprint density at radius 2 is 2.00 bits per heavy atom. The van der Waals surface area contributed by atoms with Gasteiger partial charge in [-0.25, -0.2) is 0 Å². The summed E-state index contributed by atoms with van der Waals surface area (Å²) in [6, 6.07) is 0.699. The van der Waals surface area contributed by atoms with Crippen LogP contribution in [0.2, 0.25) is 0 Å². The molecule has 1 aliphatic heterocycles. The van der Waals surface area contributed by atoms with Gasteiger partial charge >= 0.3 is 0 Å². The summed E-state index contributed by atoms with van der Waals surface area (Å²) in [5.74, 6) is 0.487. The van der Waals surface area contributed by atoms with Crippen molar-refractivity contribution >= 4 is 0 Å². The topological polar surface area (TPSA) is 26.7 Å². The molecule has 1 saturated heterocycles. The fraction of sp³-hybridized carbons (Fsp3) is 1.00. The SMILES string of the molecule is CN(C)C1CCCN(CC2CCC(C)(C)C2O)C1. The fourth-order valence-corrected chi connectivity index (χ4v) is 3.64. The van der Waals surface area contributed by atoms with Gasteiger partial charge in [-0.3, -0.25) is 0 Å². The number of piperidine rings is 1. The van der Waals surface area contributed by atoms with Crippen LogP contribution >= 0.6 is 0 Å². The number of aliphatic hydroxyl groups excluding tert-OH is 1. The molecule has 2 aliphatic rings. The zero-order valence-corrected chi connectivity index (χ0v) is 12.5. The summed E-state index contributed by atoms with van der Waals surface area (Å²) in [6.45, 7) is 7.90. The smallest absolute Gasteiger partial charge is 0.0631 e. The lowest BCUT2D eigenvalue weighted by atomic mass is 9.87. The van der Waals surface area contributed by atoms with E-state index in [-0.39, 0.29) is 11.5 Å². The lowest BCUT2D eigenvalue weighted by Crippen LogP contribution is -2.47. The van der Waals surface area contributed by atoms with Gasteiger partial charge in [-0.2, -0.15) is 0 Å². The first-order chi connectivity index (χ1) is 8.40. The molecule has 0 bridgehead atoms. The van der Waals surface area contributed by atoms with Crippen LogP contribution in [0.1, 0.15) is 39.5 Å². The molecule has 1 N–H and O–H groups in total. The first-order valence-corrected chi connectivity index (χ1v) is 7.47. The quantitative estimate of drug-likeness (QED) is 0.832. The van der Waals surface area contributed by atoms with E-state index >= 15 is 0 Å². The average molecular weight is 254 g/mol. The van der Waals surface area contributed by atoms with Gasteiger partial charge in [0.1, 0.15) is 0 Å². The Hall–Kier alpha value is -0.120. The maximum atomic E-state index is 10.4. The van der Waals surface area contributed by atoms with Crippen molar-refractivity contribution in [1.82, 2.24) is 9.80 Å². The van der Waals surface area contributed by atoms with Crippen molar-refractivity contribution in [3.05, 3.63) is 0 Å². The van der Waals surface area contributed by atoms with E-state index in [1.165, 1.54) is 38.8 Å². The number of aliphatic hydroxyl groups is 1. The molecule has 0 radical (unpaired) electrons. The second kappa shape index (κ2) is 5.48. The Morgan fingerprint density at radius 1 is 1.28 bits per heavy atom. The van der Waals surface area contributed by atoms with E-state index in [2.05, 4.69) is 37.7 Å². The number of likely N-dealkylation sites (tertiary alicyclic amines) is 1.